The molecule has 0 radical (unpaired) electrons. The lowest BCUT2D eigenvalue weighted by atomic mass is 9.98. The molecule has 150 valence electrons. The minimum absolute atomic E-state index is 0.148. The molecule has 0 bridgehead atoms. The summed E-state index contributed by atoms with van der Waals surface area (Å²) in [6, 6.07) is 8.63. The van der Waals surface area contributed by atoms with Crippen LogP contribution in [-0.2, 0) is 11.3 Å². The second kappa shape index (κ2) is 7.99. The van der Waals surface area contributed by atoms with E-state index in [1.165, 1.54) is 0 Å². The highest BCUT2D eigenvalue weighted by Crippen LogP contribution is 2.17. The van der Waals surface area contributed by atoms with Crippen LogP contribution in [-0.4, -0.2) is 27.9 Å². The third-order valence-electron chi connectivity index (χ3n) is 5.14. The molecule has 6 heteroatoms. The van der Waals surface area contributed by atoms with Gasteiger partial charge in [-0.25, -0.2) is 9.78 Å². The quantitative estimate of drug-likeness (QED) is 0.489. The first-order valence-electron chi connectivity index (χ1n) is 9.52. The summed E-state index contributed by atoms with van der Waals surface area (Å²) < 4.78 is 6.85. The summed E-state index contributed by atoms with van der Waals surface area (Å²) in [7, 11) is 0. The highest BCUT2D eigenvalue weighted by atomic mass is 16.5. The number of fused-ring (bicyclic) bond motifs is 1. The molecule has 0 saturated heterocycles. The number of carbonyl (C=O) groups is 2. The van der Waals surface area contributed by atoms with Crippen molar-refractivity contribution < 1.29 is 14.3 Å². The van der Waals surface area contributed by atoms with Crippen molar-refractivity contribution in [2.75, 3.05) is 6.61 Å². The first kappa shape index (κ1) is 20.5. The molecule has 0 saturated carbocycles. The van der Waals surface area contributed by atoms with E-state index in [0.717, 1.165) is 16.7 Å². The highest BCUT2D eigenvalue weighted by Gasteiger charge is 2.16. The van der Waals surface area contributed by atoms with Crippen LogP contribution in [0.15, 0.2) is 35.1 Å². The van der Waals surface area contributed by atoms with Gasteiger partial charge in [0, 0.05) is 12.1 Å². The minimum Gasteiger partial charge on any atom is -0.454 e. The van der Waals surface area contributed by atoms with Crippen molar-refractivity contribution in [2.24, 2.45) is 0 Å². The summed E-state index contributed by atoms with van der Waals surface area (Å²) in [5.41, 5.74) is 5.24. The average Bonchev–Trinajstić information content (AvgIpc) is 2.69. The van der Waals surface area contributed by atoms with E-state index in [0.29, 0.717) is 28.8 Å². The number of rotatable bonds is 5. The Hall–Kier alpha value is -3.28. The summed E-state index contributed by atoms with van der Waals surface area (Å²) in [4.78, 5) is 41.5. The Labute approximate surface area is 169 Å². The molecular weight excluding hydrogens is 368 g/mol. The van der Waals surface area contributed by atoms with Crippen molar-refractivity contribution in [3.63, 3.8) is 0 Å². The van der Waals surface area contributed by atoms with E-state index in [1.54, 1.807) is 29.7 Å². The van der Waals surface area contributed by atoms with Gasteiger partial charge >= 0.3 is 5.97 Å². The van der Waals surface area contributed by atoms with Gasteiger partial charge in [-0.15, -0.1) is 0 Å². The van der Waals surface area contributed by atoms with Crippen molar-refractivity contribution in [1.29, 1.82) is 0 Å². The molecule has 0 aliphatic carbocycles. The molecular formula is C23H24N2O4. The predicted octanol–water partition coefficient (Wildman–Crippen LogP) is 3.69. The Kier molecular flexibility index (Phi) is 5.64. The monoisotopic (exact) mass is 392 g/mol. The number of ether oxygens (including phenoxy) is 1. The van der Waals surface area contributed by atoms with Gasteiger partial charge in [0.15, 0.2) is 6.61 Å². The molecule has 2 aromatic carbocycles. The lowest BCUT2D eigenvalue weighted by Crippen LogP contribution is -2.23. The molecule has 29 heavy (non-hydrogen) atoms. The standard InChI is InChI=1S/C23H24N2O4/c1-6-25-20-8-7-17(11-19(20)24-16(5)22(25)27)23(28)29-12-21(26)18-10-14(3)13(2)9-15(18)4/h7-11H,6,12H2,1-5H3. The molecule has 0 aliphatic heterocycles. The fourth-order valence-corrected chi connectivity index (χ4v) is 3.37. The van der Waals surface area contributed by atoms with Crippen molar-refractivity contribution in [2.45, 2.75) is 41.2 Å². The van der Waals surface area contributed by atoms with Crippen LogP contribution in [0, 0.1) is 27.7 Å². The van der Waals surface area contributed by atoms with E-state index in [-0.39, 0.29) is 23.5 Å². The maximum Gasteiger partial charge on any atom is 0.338 e. The summed E-state index contributed by atoms with van der Waals surface area (Å²) in [5.74, 6) is -0.844. The molecule has 0 fully saturated rings. The van der Waals surface area contributed by atoms with E-state index in [2.05, 4.69) is 4.98 Å². The summed E-state index contributed by atoms with van der Waals surface area (Å²) in [6.07, 6.45) is 0. The molecule has 3 rings (SSSR count). The fourth-order valence-electron chi connectivity index (χ4n) is 3.37. The molecule has 0 aliphatic rings. The normalized spacial score (nSPS) is 10.9. The van der Waals surface area contributed by atoms with Crippen molar-refractivity contribution in [3.05, 3.63) is 74.2 Å². The first-order chi connectivity index (χ1) is 13.7. The molecule has 1 heterocycles. The molecule has 6 nitrogen and oxygen atoms in total. The Bertz CT molecular complexity index is 1190. The topological polar surface area (TPSA) is 78.3 Å². The molecule has 0 unspecified atom stereocenters. The average molecular weight is 392 g/mol. The zero-order valence-corrected chi connectivity index (χ0v) is 17.3. The number of hydrogen-bond donors (Lipinski definition) is 0. The van der Waals surface area contributed by atoms with Gasteiger partial charge in [0.2, 0.25) is 5.78 Å². The van der Waals surface area contributed by atoms with Gasteiger partial charge in [0.1, 0.15) is 5.69 Å². The number of carbonyl (C=O) groups excluding carboxylic acids is 2. The molecule has 0 N–H and O–H groups in total. The van der Waals surface area contributed by atoms with Crippen LogP contribution in [0.4, 0.5) is 0 Å². The number of nitrogens with zero attached hydrogens (tertiary/aromatic N) is 2. The molecule has 3 aromatic rings. The number of hydrogen-bond acceptors (Lipinski definition) is 5. The maximum absolute atomic E-state index is 12.5. The van der Waals surface area contributed by atoms with Crippen LogP contribution in [0.2, 0.25) is 0 Å². The third-order valence-corrected chi connectivity index (χ3v) is 5.14. The van der Waals surface area contributed by atoms with Crippen LogP contribution in [0.25, 0.3) is 11.0 Å². The van der Waals surface area contributed by atoms with Crippen LogP contribution in [0.5, 0.6) is 0 Å². The largest absolute Gasteiger partial charge is 0.454 e. The zero-order chi connectivity index (χ0) is 21.3. The van der Waals surface area contributed by atoms with Crippen molar-refractivity contribution in [1.82, 2.24) is 9.55 Å². The lowest BCUT2D eigenvalue weighted by molar-refractivity contribution is 0.0474. The number of aromatic nitrogens is 2. The van der Waals surface area contributed by atoms with E-state index < -0.39 is 5.97 Å². The molecule has 0 atom stereocenters. The van der Waals surface area contributed by atoms with Gasteiger partial charge in [-0.1, -0.05) is 6.07 Å². The Morgan fingerprint density at radius 3 is 2.38 bits per heavy atom. The first-order valence-corrected chi connectivity index (χ1v) is 9.52. The number of ketones is 1. The highest BCUT2D eigenvalue weighted by molar-refractivity contribution is 6.01. The van der Waals surface area contributed by atoms with Crippen LogP contribution >= 0.6 is 0 Å². The van der Waals surface area contributed by atoms with Crippen LogP contribution in [0.1, 0.15) is 50.0 Å². The van der Waals surface area contributed by atoms with Gasteiger partial charge in [0.05, 0.1) is 16.6 Å². The van der Waals surface area contributed by atoms with E-state index >= 15 is 0 Å². The van der Waals surface area contributed by atoms with E-state index in [9.17, 15) is 14.4 Å². The SMILES string of the molecule is CCn1c(=O)c(C)nc2cc(C(=O)OCC(=O)c3cc(C)c(C)cc3C)ccc21. The predicted molar refractivity (Wildman–Crippen MR) is 112 cm³/mol. The van der Waals surface area contributed by atoms with E-state index in [4.69, 9.17) is 4.74 Å². The summed E-state index contributed by atoms with van der Waals surface area (Å²) in [6.45, 7) is 9.49. The van der Waals surface area contributed by atoms with Gasteiger partial charge in [-0.2, -0.15) is 0 Å². The maximum atomic E-state index is 12.5. The number of esters is 1. The van der Waals surface area contributed by atoms with Gasteiger partial charge in [0.25, 0.3) is 5.56 Å². The van der Waals surface area contributed by atoms with Crippen molar-refractivity contribution >= 4 is 22.8 Å². The third kappa shape index (κ3) is 3.97. The summed E-state index contributed by atoms with van der Waals surface area (Å²) in [5, 5.41) is 0. The smallest absolute Gasteiger partial charge is 0.338 e. The molecule has 1 aromatic heterocycles. The summed E-state index contributed by atoms with van der Waals surface area (Å²) >= 11 is 0. The Balaban J connectivity index is 1.82. The van der Waals surface area contributed by atoms with Crippen LogP contribution < -0.4 is 5.56 Å². The van der Waals surface area contributed by atoms with Gasteiger partial charge in [-0.3, -0.25) is 9.59 Å². The van der Waals surface area contributed by atoms with Crippen LogP contribution in [0.3, 0.4) is 0 Å². The minimum atomic E-state index is -0.601. The van der Waals surface area contributed by atoms with Gasteiger partial charge in [-0.05, 0) is 75.6 Å². The van der Waals surface area contributed by atoms with Gasteiger partial charge < -0.3 is 9.30 Å². The van der Waals surface area contributed by atoms with E-state index in [1.807, 2.05) is 39.8 Å². The second-order valence-corrected chi connectivity index (χ2v) is 7.20. The Morgan fingerprint density at radius 1 is 1.00 bits per heavy atom. The zero-order valence-electron chi connectivity index (χ0n) is 17.3. The van der Waals surface area contributed by atoms with Crippen molar-refractivity contribution in [3.8, 4) is 0 Å². The lowest BCUT2D eigenvalue weighted by Gasteiger charge is -2.11. The number of Topliss-reactive ketones (excluding diaryl/α,β-unsaturated/α-hetero) is 1. The molecule has 0 spiro atoms. The molecule has 0 amide bonds. The second-order valence-electron chi connectivity index (χ2n) is 7.20. The number of benzene rings is 2. The number of aryl methyl sites for hydroxylation is 5. The Morgan fingerprint density at radius 2 is 1.69 bits per heavy atom. The fraction of sp³-hybridized carbons (Fsp3) is 0.304.